The fourth-order valence-electron chi connectivity index (χ4n) is 5.08. The van der Waals surface area contributed by atoms with Crippen LogP contribution in [-0.4, -0.2) is 26.4 Å². The van der Waals surface area contributed by atoms with Gasteiger partial charge in [-0.15, -0.1) is 10.2 Å². The van der Waals surface area contributed by atoms with Gasteiger partial charge in [-0.3, -0.25) is 4.40 Å². The second kappa shape index (κ2) is 10.5. The predicted octanol–water partition coefficient (Wildman–Crippen LogP) is 7.17. The second-order valence-electron chi connectivity index (χ2n) is 10.0. The van der Waals surface area contributed by atoms with Crippen molar-refractivity contribution in [3.8, 4) is 0 Å². The summed E-state index contributed by atoms with van der Waals surface area (Å²) in [5.41, 5.74) is 7.22. The third-order valence-electron chi connectivity index (χ3n) is 7.32. The molecule has 2 N–H and O–H groups in total. The highest BCUT2D eigenvalue weighted by Crippen LogP contribution is 2.46. The first kappa shape index (κ1) is 26.0. The topological polar surface area (TPSA) is 69.3 Å². The smallest absolute Gasteiger partial charge is 0.163 e. The van der Waals surface area contributed by atoms with Crippen molar-refractivity contribution in [2.45, 2.75) is 72.9 Å². The van der Waals surface area contributed by atoms with Gasteiger partial charge in [-0.1, -0.05) is 57.5 Å². The molecule has 3 aromatic rings. The highest BCUT2D eigenvalue weighted by atomic mass is 35.5. The van der Waals surface area contributed by atoms with Crippen molar-refractivity contribution in [2.24, 2.45) is 5.92 Å². The largest absolute Gasteiger partial charge is 0.380 e. The standard InChI is InChI=1S/C29H37ClN6/c1-8-17(3)14-24(9-2)32-27-20(6)36(25-15-18(4)29-34-33-21(7)35(29)16-25)28(26(27)19(5)31)22-10-12-23(30)13-11-22/h10-13,15-17,24,28,31-32H,6,8-9,14H2,1-5,7H3. The zero-order chi connectivity index (χ0) is 26.1. The van der Waals surface area contributed by atoms with Crippen LogP contribution >= 0.6 is 11.6 Å². The Bertz CT molecular complexity index is 1320. The van der Waals surface area contributed by atoms with Crippen molar-refractivity contribution >= 4 is 28.6 Å². The van der Waals surface area contributed by atoms with Gasteiger partial charge in [0.2, 0.25) is 0 Å². The van der Waals surface area contributed by atoms with E-state index in [0.29, 0.717) is 22.7 Å². The van der Waals surface area contributed by atoms with Crippen LogP contribution in [0.15, 0.2) is 60.1 Å². The van der Waals surface area contributed by atoms with Crippen LogP contribution < -0.4 is 10.2 Å². The lowest BCUT2D eigenvalue weighted by Crippen LogP contribution is -2.31. The minimum Gasteiger partial charge on any atom is -0.380 e. The van der Waals surface area contributed by atoms with Gasteiger partial charge in [-0.05, 0) is 68.9 Å². The van der Waals surface area contributed by atoms with Crippen molar-refractivity contribution in [3.63, 3.8) is 0 Å². The van der Waals surface area contributed by atoms with Crippen LogP contribution in [0.5, 0.6) is 0 Å². The van der Waals surface area contributed by atoms with Crippen LogP contribution in [0, 0.1) is 25.2 Å². The molecule has 0 spiro atoms. The van der Waals surface area contributed by atoms with Gasteiger partial charge in [0, 0.05) is 28.5 Å². The minimum atomic E-state index is -0.204. The maximum Gasteiger partial charge on any atom is 0.163 e. The quantitative estimate of drug-likeness (QED) is 0.303. The van der Waals surface area contributed by atoms with Crippen LogP contribution in [0.4, 0.5) is 5.69 Å². The summed E-state index contributed by atoms with van der Waals surface area (Å²) >= 11 is 6.25. The highest BCUT2D eigenvalue weighted by molar-refractivity contribution is 6.30. The van der Waals surface area contributed by atoms with E-state index in [1.165, 1.54) is 0 Å². The predicted molar refractivity (Wildman–Crippen MR) is 150 cm³/mol. The van der Waals surface area contributed by atoms with E-state index >= 15 is 0 Å². The van der Waals surface area contributed by atoms with Gasteiger partial charge < -0.3 is 15.6 Å². The lowest BCUT2D eigenvalue weighted by atomic mass is 9.94. The van der Waals surface area contributed by atoms with Crippen LogP contribution in [0.25, 0.3) is 5.65 Å². The number of rotatable bonds is 9. The molecule has 190 valence electrons. The van der Waals surface area contributed by atoms with E-state index in [-0.39, 0.29) is 6.04 Å². The zero-order valence-electron chi connectivity index (χ0n) is 22.2. The molecule has 0 amide bonds. The number of benzene rings is 1. The molecule has 36 heavy (non-hydrogen) atoms. The average Bonchev–Trinajstić information content (AvgIpc) is 3.36. The van der Waals surface area contributed by atoms with Crippen molar-refractivity contribution in [3.05, 3.63) is 82.0 Å². The molecule has 0 bridgehead atoms. The van der Waals surface area contributed by atoms with Crippen LogP contribution in [-0.2, 0) is 0 Å². The summed E-state index contributed by atoms with van der Waals surface area (Å²) in [7, 11) is 0. The molecule has 1 aliphatic heterocycles. The molecule has 3 atom stereocenters. The van der Waals surface area contributed by atoms with Crippen molar-refractivity contribution < 1.29 is 0 Å². The summed E-state index contributed by atoms with van der Waals surface area (Å²) in [4.78, 5) is 2.24. The molecule has 6 nitrogen and oxygen atoms in total. The number of hydrogen-bond acceptors (Lipinski definition) is 5. The average molecular weight is 505 g/mol. The molecule has 3 heterocycles. The molecule has 7 heteroatoms. The molecule has 0 fully saturated rings. The third kappa shape index (κ3) is 4.79. The first-order chi connectivity index (χ1) is 17.2. The number of halogens is 1. The van der Waals surface area contributed by atoms with E-state index in [0.717, 1.165) is 64.5 Å². The summed E-state index contributed by atoms with van der Waals surface area (Å²) in [6.07, 6.45) is 5.29. The Kier molecular flexibility index (Phi) is 7.55. The van der Waals surface area contributed by atoms with Gasteiger partial charge in [-0.25, -0.2) is 0 Å². The van der Waals surface area contributed by atoms with Gasteiger partial charge in [0.1, 0.15) is 5.82 Å². The molecular weight excluding hydrogens is 468 g/mol. The number of hydrogen-bond donors (Lipinski definition) is 2. The minimum absolute atomic E-state index is 0.204. The number of anilines is 1. The van der Waals surface area contributed by atoms with Crippen LogP contribution in [0.3, 0.4) is 0 Å². The van der Waals surface area contributed by atoms with Gasteiger partial charge in [-0.2, -0.15) is 0 Å². The number of fused-ring (bicyclic) bond motifs is 1. The molecule has 1 aromatic carbocycles. The number of nitrogens with one attached hydrogen (secondary N) is 2. The van der Waals surface area contributed by atoms with Crippen molar-refractivity contribution in [1.29, 1.82) is 5.41 Å². The fourth-order valence-corrected chi connectivity index (χ4v) is 5.21. The Morgan fingerprint density at radius 2 is 1.86 bits per heavy atom. The van der Waals surface area contributed by atoms with E-state index in [9.17, 15) is 0 Å². The van der Waals surface area contributed by atoms with E-state index in [1.54, 1.807) is 0 Å². The summed E-state index contributed by atoms with van der Waals surface area (Å²) in [6.45, 7) is 17.2. The summed E-state index contributed by atoms with van der Waals surface area (Å²) in [5.74, 6) is 1.45. The Hall–Kier alpha value is -3.12. The van der Waals surface area contributed by atoms with Crippen LogP contribution in [0.2, 0.25) is 5.02 Å². The molecule has 1 aliphatic rings. The molecule has 0 saturated carbocycles. The first-order valence-electron chi connectivity index (χ1n) is 12.8. The van der Waals surface area contributed by atoms with E-state index < -0.39 is 0 Å². The Morgan fingerprint density at radius 1 is 1.17 bits per heavy atom. The summed E-state index contributed by atoms with van der Waals surface area (Å²) in [6, 6.07) is 10.1. The molecule has 4 rings (SSSR count). The number of aromatic nitrogens is 3. The maximum absolute atomic E-state index is 8.83. The Labute approximate surface area is 219 Å². The fraction of sp³-hybridized carbons (Fsp3) is 0.414. The van der Waals surface area contributed by atoms with Crippen molar-refractivity contribution in [1.82, 2.24) is 19.9 Å². The van der Waals surface area contributed by atoms with Crippen LogP contribution in [0.1, 0.15) is 70.0 Å². The summed E-state index contributed by atoms with van der Waals surface area (Å²) < 4.78 is 2.02. The van der Waals surface area contributed by atoms with E-state index in [1.807, 2.05) is 42.5 Å². The van der Waals surface area contributed by atoms with Crippen molar-refractivity contribution in [2.75, 3.05) is 4.90 Å². The number of nitrogens with zero attached hydrogens (tertiary/aromatic N) is 4. The molecule has 3 unspecified atom stereocenters. The molecule has 0 radical (unpaired) electrons. The first-order valence-corrected chi connectivity index (χ1v) is 13.2. The molecule has 2 aromatic heterocycles. The highest BCUT2D eigenvalue weighted by Gasteiger charge is 2.39. The number of aryl methyl sites for hydroxylation is 2. The summed E-state index contributed by atoms with van der Waals surface area (Å²) in [5, 5.41) is 22.0. The monoisotopic (exact) mass is 504 g/mol. The van der Waals surface area contributed by atoms with Gasteiger partial charge in [0.25, 0.3) is 0 Å². The lowest BCUT2D eigenvalue weighted by Gasteiger charge is -2.30. The molecule has 0 aliphatic carbocycles. The molecule has 0 saturated heterocycles. The van der Waals surface area contributed by atoms with E-state index in [2.05, 4.69) is 67.0 Å². The second-order valence-corrected chi connectivity index (χ2v) is 10.4. The lowest BCUT2D eigenvalue weighted by molar-refractivity contribution is 0.408. The van der Waals surface area contributed by atoms with Gasteiger partial charge in [0.15, 0.2) is 5.65 Å². The van der Waals surface area contributed by atoms with Gasteiger partial charge in [0.05, 0.1) is 23.1 Å². The van der Waals surface area contributed by atoms with E-state index in [4.69, 9.17) is 17.0 Å². The molecular formula is C29H37ClN6. The SMILES string of the molecule is C=C1C(NC(CC)CC(C)CC)=C(C(C)=N)C(c2ccc(Cl)cc2)N1c1cc(C)c2nnc(C)n2c1. The zero-order valence-corrected chi connectivity index (χ0v) is 22.9. The Morgan fingerprint density at radius 3 is 2.47 bits per heavy atom. The van der Waals surface area contributed by atoms with Gasteiger partial charge >= 0.3 is 0 Å². The number of pyridine rings is 1. The maximum atomic E-state index is 8.83. The Balaban J connectivity index is 1.88. The third-order valence-corrected chi connectivity index (χ3v) is 7.57. The normalized spacial score (nSPS) is 17.7.